The van der Waals surface area contributed by atoms with Gasteiger partial charge in [0.15, 0.2) is 0 Å². The Balaban J connectivity index is 5.54. The van der Waals surface area contributed by atoms with Crippen molar-refractivity contribution in [2.45, 2.75) is 31.8 Å². The van der Waals surface area contributed by atoms with Gasteiger partial charge in [-0.3, -0.25) is 0 Å². The van der Waals surface area contributed by atoms with Gasteiger partial charge in [-0.05, 0) is 6.92 Å². The van der Waals surface area contributed by atoms with Crippen molar-refractivity contribution in [1.29, 1.82) is 0 Å². The van der Waals surface area contributed by atoms with Crippen LogP contribution in [0.4, 0.5) is 26.3 Å². The van der Waals surface area contributed by atoms with E-state index in [9.17, 15) is 26.3 Å². The maximum atomic E-state index is 12.2. The summed E-state index contributed by atoms with van der Waals surface area (Å²) in [4.78, 5) is 0. The van der Waals surface area contributed by atoms with Crippen LogP contribution in [-0.2, 0) is 0 Å². The van der Waals surface area contributed by atoms with Crippen molar-refractivity contribution in [2.24, 2.45) is 5.41 Å². The van der Waals surface area contributed by atoms with E-state index < -0.39 is 23.4 Å². The van der Waals surface area contributed by atoms with Crippen LogP contribution in [0.5, 0.6) is 0 Å². The second kappa shape index (κ2) is 2.95. The van der Waals surface area contributed by atoms with Crippen molar-refractivity contribution in [1.82, 2.24) is 0 Å². The van der Waals surface area contributed by atoms with Gasteiger partial charge in [-0.1, -0.05) is 0 Å². The van der Waals surface area contributed by atoms with E-state index in [2.05, 4.69) is 6.92 Å². The van der Waals surface area contributed by atoms with E-state index in [1.807, 2.05) is 0 Å². The lowest BCUT2D eigenvalue weighted by Gasteiger charge is -2.38. The Kier molecular flexibility index (Phi) is 2.82. The molecular formula is C7H9F6O+. The van der Waals surface area contributed by atoms with Gasteiger partial charge in [0.2, 0.25) is 11.0 Å². The Bertz CT molecular complexity index is 172. The fourth-order valence-electron chi connectivity index (χ4n) is 0.771. The molecule has 1 atom stereocenters. The third-order valence-electron chi connectivity index (χ3n) is 2.21. The largest absolute Gasteiger partial charge is 0.410 e. The van der Waals surface area contributed by atoms with Gasteiger partial charge in [-0.2, -0.15) is 26.3 Å². The Morgan fingerprint density at radius 2 is 1.07 bits per heavy atom. The van der Waals surface area contributed by atoms with Crippen LogP contribution >= 0.6 is 0 Å². The molecular weight excluding hydrogens is 214 g/mol. The van der Waals surface area contributed by atoms with Crippen molar-refractivity contribution >= 4 is 0 Å². The van der Waals surface area contributed by atoms with E-state index in [1.165, 1.54) is 0 Å². The first kappa shape index (κ1) is 13.4. The Morgan fingerprint density at radius 1 is 0.857 bits per heavy atom. The Morgan fingerprint density at radius 3 is 1.07 bits per heavy atom. The predicted molar refractivity (Wildman–Crippen MR) is 36.2 cm³/mol. The summed E-state index contributed by atoms with van der Waals surface area (Å²) in [5, 5.41) is 8.86. The highest BCUT2D eigenvalue weighted by Crippen LogP contribution is 2.55. The van der Waals surface area contributed by atoms with Crippen LogP contribution in [0.25, 0.3) is 0 Å². The number of rotatable bonds is 1. The van der Waals surface area contributed by atoms with Crippen LogP contribution in [0.1, 0.15) is 13.8 Å². The molecule has 0 saturated heterocycles. The molecule has 0 aliphatic carbocycles. The van der Waals surface area contributed by atoms with Crippen molar-refractivity contribution in [3.05, 3.63) is 6.92 Å². The summed E-state index contributed by atoms with van der Waals surface area (Å²) in [6.07, 6.45) is -11.2. The number of hydrogen-bond acceptors (Lipinski definition) is 1. The molecule has 84 valence electrons. The molecule has 0 spiro atoms. The first-order valence-electron chi connectivity index (χ1n) is 3.46. The van der Waals surface area contributed by atoms with Gasteiger partial charge < -0.3 is 5.11 Å². The van der Waals surface area contributed by atoms with Gasteiger partial charge in [0.05, 0.1) is 6.92 Å². The summed E-state index contributed by atoms with van der Waals surface area (Å²) < 4.78 is 73.1. The first-order valence-corrected chi connectivity index (χ1v) is 3.46. The summed E-state index contributed by atoms with van der Waals surface area (Å²) in [6, 6.07) is 0. The quantitative estimate of drug-likeness (QED) is 0.535. The molecule has 0 aromatic heterocycles. The number of alkyl halides is 6. The van der Waals surface area contributed by atoms with E-state index >= 15 is 0 Å². The molecule has 1 nitrogen and oxygen atoms in total. The molecule has 1 N–H and O–H groups in total. The van der Waals surface area contributed by atoms with Gasteiger partial charge in [0, 0.05) is 6.92 Å². The van der Waals surface area contributed by atoms with E-state index in [0.29, 0.717) is 6.92 Å². The van der Waals surface area contributed by atoms with Crippen molar-refractivity contribution in [3.63, 3.8) is 0 Å². The third kappa shape index (κ3) is 1.77. The first-order chi connectivity index (χ1) is 5.75. The second-order valence-electron chi connectivity index (χ2n) is 3.39. The minimum atomic E-state index is -5.61. The summed E-state index contributed by atoms with van der Waals surface area (Å²) in [5.74, 6) is 0. The molecule has 1 unspecified atom stereocenters. The van der Waals surface area contributed by atoms with Gasteiger partial charge in [0.1, 0.15) is 0 Å². The van der Waals surface area contributed by atoms with Crippen LogP contribution in [0, 0.1) is 12.3 Å². The minimum absolute atomic E-state index is 0.125. The molecule has 0 saturated carbocycles. The fraction of sp³-hybridized carbons (Fsp3) is 0.857. The smallest absolute Gasteiger partial charge is 0.350 e. The topological polar surface area (TPSA) is 20.2 Å². The Labute approximate surface area is 76.7 Å². The molecule has 0 radical (unpaired) electrons. The fourth-order valence-corrected chi connectivity index (χ4v) is 0.771. The van der Waals surface area contributed by atoms with Crippen LogP contribution in [-0.4, -0.2) is 23.1 Å². The van der Waals surface area contributed by atoms with Crippen molar-refractivity contribution in [3.8, 4) is 0 Å². The average molecular weight is 223 g/mol. The zero-order valence-electron chi connectivity index (χ0n) is 7.42. The molecule has 0 aromatic carbocycles. The molecule has 0 bridgehead atoms. The third-order valence-corrected chi connectivity index (χ3v) is 2.21. The predicted octanol–water partition coefficient (Wildman–Crippen LogP) is 2.70. The van der Waals surface area contributed by atoms with Crippen molar-refractivity contribution in [2.75, 3.05) is 0 Å². The Hall–Kier alpha value is -0.590. The van der Waals surface area contributed by atoms with E-state index in [1.54, 1.807) is 0 Å². The van der Waals surface area contributed by atoms with Crippen LogP contribution < -0.4 is 0 Å². The van der Waals surface area contributed by atoms with Crippen LogP contribution in [0.15, 0.2) is 0 Å². The SMILES string of the molecule is [CH2+]C(C)(O)C(C)(C(F)(F)F)C(F)(F)F. The number of halogens is 6. The molecule has 0 heterocycles. The summed E-state index contributed by atoms with van der Waals surface area (Å²) in [6.45, 7) is 2.74. The summed E-state index contributed by atoms with van der Waals surface area (Å²) >= 11 is 0. The van der Waals surface area contributed by atoms with E-state index in [-0.39, 0.29) is 6.92 Å². The zero-order chi connectivity index (χ0) is 12.0. The lowest BCUT2D eigenvalue weighted by molar-refractivity contribution is -0.371. The number of aliphatic hydroxyl groups is 1. The highest BCUT2D eigenvalue weighted by atomic mass is 19.4. The maximum absolute atomic E-state index is 12.2. The van der Waals surface area contributed by atoms with Crippen LogP contribution in [0.2, 0.25) is 0 Å². The maximum Gasteiger partial charge on any atom is 0.410 e. The molecule has 0 fully saturated rings. The standard InChI is InChI=1S/C7H9F6O/c1-4(2,14)5(3,6(8,9)10)7(11,12)13/h14H,1H2,2-3H3/q+1. The molecule has 7 heteroatoms. The minimum Gasteiger partial charge on any atom is -0.350 e. The van der Waals surface area contributed by atoms with Gasteiger partial charge in [-0.15, -0.1) is 0 Å². The lowest BCUT2D eigenvalue weighted by atomic mass is 9.74. The molecule has 0 aromatic rings. The summed E-state index contributed by atoms with van der Waals surface area (Å²) in [5.41, 5.74) is -7.42. The lowest BCUT2D eigenvalue weighted by Crippen LogP contribution is -2.60. The van der Waals surface area contributed by atoms with Gasteiger partial charge in [-0.25, -0.2) is 0 Å². The molecule has 14 heavy (non-hydrogen) atoms. The van der Waals surface area contributed by atoms with Gasteiger partial charge >= 0.3 is 12.4 Å². The molecule has 0 rings (SSSR count). The number of hydrogen-bond donors (Lipinski definition) is 1. The molecule has 0 aliphatic heterocycles. The molecule has 0 aliphatic rings. The van der Waals surface area contributed by atoms with Gasteiger partial charge in [0.25, 0.3) is 0 Å². The summed E-state index contributed by atoms with van der Waals surface area (Å²) in [7, 11) is 0. The van der Waals surface area contributed by atoms with Crippen molar-refractivity contribution < 1.29 is 31.4 Å². The average Bonchev–Trinajstić information content (AvgIpc) is 1.77. The zero-order valence-corrected chi connectivity index (χ0v) is 7.42. The normalized spacial score (nSPS) is 19.2. The molecule has 0 amide bonds. The highest BCUT2D eigenvalue weighted by molar-refractivity contribution is 5.04. The monoisotopic (exact) mass is 223 g/mol. The van der Waals surface area contributed by atoms with Crippen LogP contribution in [0.3, 0.4) is 0 Å². The highest BCUT2D eigenvalue weighted by Gasteiger charge is 2.77. The second-order valence-corrected chi connectivity index (χ2v) is 3.39. The van der Waals surface area contributed by atoms with E-state index in [0.717, 1.165) is 0 Å². The van der Waals surface area contributed by atoms with E-state index in [4.69, 9.17) is 5.11 Å².